The molecule has 148 valence electrons. The Morgan fingerprint density at radius 1 is 1.11 bits per heavy atom. The van der Waals surface area contributed by atoms with Crippen LogP contribution in [0.1, 0.15) is 42.6 Å². The molecule has 0 bridgehead atoms. The summed E-state index contributed by atoms with van der Waals surface area (Å²) in [6.07, 6.45) is -4.79. The molecule has 10 heteroatoms. The molecule has 3 aromatic rings. The Balaban J connectivity index is 1.95. The Kier molecular flexibility index (Phi) is 4.97. The van der Waals surface area contributed by atoms with Crippen molar-refractivity contribution >= 4 is 28.8 Å². The number of hydrogen-bond acceptors (Lipinski definition) is 6. The number of anilines is 2. The second-order valence-corrected chi connectivity index (χ2v) is 6.44. The molecule has 0 radical (unpaired) electrons. The highest BCUT2D eigenvalue weighted by atomic mass is 19.4. The zero-order valence-corrected chi connectivity index (χ0v) is 15.6. The van der Waals surface area contributed by atoms with Crippen molar-refractivity contribution in [3.05, 3.63) is 40.9 Å². The first-order valence-electron chi connectivity index (χ1n) is 8.41. The van der Waals surface area contributed by atoms with Crippen LogP contribution < -0.4 is 10.6 Å². The van der Waals surface area contributed by atoms with Gasteiger partial charge in [-0.15, -0.1) is 0 Å². The van der Waals surface area contributed by atoms with Crippen molar-refractivity contribution in [1.29, 1.82) is 0 Å². The number of halogens is 3. The van der Waals surface area contributed by atoms with E-state index in [4.69, 9.17) is 4.42 Å². The van der Waals surface area contributed by atoms with E-state index in [0.717, 1.165) is 23.4 Å². The average molecular weight is 393 g/mol. The number of aryl methyl sites for hydroxylation is 2. The molecule has 2 heterocycles. The minimum absolute atomic E-state index is 0.326. The number of carbonyl (C=O) groups is 1. The molecule has 1 aromatic carbocycles. The number of fused-ring (bicyclic) bond motifs is 1. The van der Waals surface area contributed by atoms with Crippen LogP contribution in [0.4, 0.5) is 25.1 Å². The first-order chi connectivity index (χ1) is 13.0. The Hall–Kier alpha value is -3.17. The fraction of sp³-hybridized carbons (Fsp3) is 0.333. The third kappa shape index (κ3) is 4.05. The van der Waals surface area contributed by atoms with Crippen LogP contribution in [-0.4, -0.2) is 20.9 Å². The zero-order valence-electron chi connectivity index (χ0n) is 15.6. The highest BCUT2D eigenvalue weighted by Crippen LogP contribution is 2.31. The maximum atomic E-state index is 13.1. The van der Waals surface area contributed by atoms with Crippen LogP contribution >= 0.6 is 0 Å². The lowest BCUT2D eigenvalue weighted by Gasteiger charge is -2.14. The van der Waals surface area contributed by atoms with Gasteiger partial charge < -0.3 is 9.73 Å². The zero-order chi connectivity index (χ0) is 20.6. The molecule has 28 heavy (non-hydrogen) atoms. The number of furan rings is 1. The maximum Gasteiger partial charge on any atom is 0.451 e. The lowest BCUT2D eigenvalue weighted by atomic mass is 10.1. The van der Waals surface area contributed by atoms with Crippen molar-refractivity contribution in [3.8, 4) is 0 Å². The number of nitrogens with zero attached hydrogens (tertiary/aromatic N) is 3. The number of alkyl halides is 3. The molecule has 0 aliphatic carbocycles. The van der Waals surface area contributed by atoms with E-state index in [0.29, 0.717) is 11.3 Å². The molecular weight excluding hydrogens is 375 g/mol. The predicted molar refractivity (Wildman–Crippen MR) is 96.9 cm³/mol. The summed E-state index contributed by atoms with van der Waals surface area (Å²) in [5, 5.41) is 5.84. The van der Waals surface area contributed by atoms with Gasteiger partial charge in [-0.1, -0.05) is 12.1 Å². The maximum absolute atomic E-state index is 13.1. The van der Waals surface area contributed by atoms with E-state index in [1.54, 1.807) is 6.92 Å². The van der Waals surface area contributed by atoms with Crippen molar-refractivity contribution in [2.75, 3.05) is 10.6 Å². The van der Waals surface area contributed by atoms with E-state index in [1.807, 2.05) is 32.0 Å². The third-order valence-corrected chi connectivity index (χ3v) is 4.07. The summed E-state index contributed by atoms with van der Waals surface area (Å²) >= 11 is 0. The second-order valence-electron chi connectivity index (χ2n) is 6.44. The topological polar surface area (TPSA) is 92.9 Å². The van der Waals surface area contributed by atoms with Crippen molar-refractivity contribution in [1.82, 2.24) is 15.0 Å². The normalized spacial score (nSPS) is 12.8. The Morgan fingerprint density at radius 3 is 2.36 bits per heavy atom. The van der Waals surface area contributed by atoms with Crippen molar-refractivity contribution < 1.29 is 22.4 Å². The van der Waals surface area contributed by atoms with Gasteiger partial charge in [0.1, 0.15) is 11.3 Å². The minimum Gasteiger partial charge on any atom is -0.459 e. The highest BCUT2D eigenvalue weighted by Gasteiger charge is 2.36. The fourth-order valence-electron chi connectivity index (χ4n) is 2.67. The quantitative estimate of drug-likeness (QED) is 0.683. The van der Waals surface area contributed by atoms with E-state index in [1.165, 1.54) is 0 Å². The first kappa shape index (κ1) is 19.6. The van der Waals surface area contributed by atoms with Gasteiger partial charge in [0.05, 0.1) is 6.04 Å². The number of rotatable bonds is 4. The molecule has 0 saturated heterocycles. The van der Waals surface area contributed by atoms with E-state index in [2.05, 4.69) is 25.6 Å². The van der Waals surface area contributed by atoms with Crippen LogP contribution in [0.15, 0.2) is 22.6 Å². The first-order valence-corrected chi connectivity index (χ1v) is 8.41. The van der Waals surface area contributed by atoms with Gasteiger partial charge in [-0.3, -0.25) is 10.1 Å². The summed E-state index contributed by atoms with van der Waals surface area (Å²) in [5.74, 6) is -2.30. The van der Waals surface area contributed by atoms with Crippen molar-refractivity contribution in [3.63, 3.8) is 0 Å². The summed E-state index contributed by atoms with van der Waals surface area (Å²) in [7, 11) is 0. The number of benzene rings is 1. The summed E-state index contributed by atoms with van der Waals surface area (Å²) < 4.78 is 45.1. The van der Waals surface area contributed by atoms with Gasteiger partial charge >= 0.3 is 6.18 Å². The Morgan fingerprint density at radius 2 is 1.75 bits per heavy atom. The van der Waals surface area contributed by atoms with Gasteiger partial charge in [-0.25, -0.2) is 0 Å². The van der Waals surface area contributed by atoms with E-state index in [9.17, 15) is 18.0 Å². The second kappa shape index (κ2) is 7.10. The molecule has 2 N–H and O–H groups in total. The standard InChI is InChI=1S/C18H18F3N5O2/c1-8-5-6-9(2)14-12(8)7-13(28-14)10(3)22-16-24-15(18(19,20)21)25-17(26-16)23-11(4)27/h5-7,10H,1-4H3,(H2,22,23,24,25,26,27). The molecule has 0 spiro atoms. The fourth-order valence-corrected chi connectivity index (χ4v) is 2.67. The molecule has 3 rings (SSSR count). The van der Waals surface area contributed by atoms with Gasteiger partial charge in [0.15, 0.2) is 0 Å². The Bertz CT molecular complexity index is 1010. The minimum atomic E-state index is -4.79. The van der Waals surface area contributed by atoms with Gasteiger partial charge in [0.25, 0.3) is 0 Å². The van der Waals surface area contributed by atoms with Gasteiger partial charge in [0.2, 0.25) is 23.6 Å². The number of nitrogens with one attached hydrogen (secondary N) is 2. The van der Waals surface area contributed by atoms with Gasteiger partial charge in [0, 0.05) is 12.3 Å². The molecule has 0 aliphatic heterocycles. The molecule has 0 saturated carbocycles. The molecule has 7 nitrogen and oxygen atoms in total. The number of carbonyl (C=O) groups excluding carboxylic acids is 1. The summed E-state index contributed by atoms with van der Waals surface area (Å²) in [5.41, 5.74) is 2.69. The average Bonchev–Trinajstić information content (AvgIpc) is 3.03. The summed E-state index contributed by atoms with van der Waals surface area (Å²) in [6.45, 7) is 6.71. The van der Waals surface area contributed by atoms with Crippen LogP contribution in [0.2, 0.25) is 0 Å². The number of aromatic nitrogens is 3. The van der Waals surface area contributed by atoms with E-state index >= 15 is 0 Å². The largest absolute Gasteiger partial charge is 0.459 e. The molecule has 1 unspecified atom stereocenters. The van der Waals surface area contributed by atoms with Crippen LogP contribution in [-0.2, 0) is 11.0 Å². The van der Waals surface area contributed by atoms with Crippen molar-refractivity contribution in [2.24, 2.45) is 0 Å². The van der Waals surface area contributed by atoms with E-state index in [-0.39, 0.29) is 5.95 Å². The molecule has 0 fully saturated rings. The SMILES string of the molecule is CC(=O)Nc1nc(NC(C)c2cc3c(C)ccc(C)c3o2)nc(C(F)(F)F)n1. The highest BCUT2D eigenvalue weighted by molar-refractivity contribution is 5.86. The van der Waals surface area contributed by atoms with Crippen LogP contribution in [0.25, 0.3) is 11.0 Å². The monoisotopic (exact) mass is 393 g/mol. The van der Waals surface area contributed by atoms with Gasteiger partial charge in [-0.2, -0.15) is 28.1 Å². The molecule has 0 aliphatic rings. The molecule has 1 amide bonds. The molecule has 1 atom stereocenters. The number of amides is 1. The Labute approximate surface area is 158 Å². The van der Waals surface area contributed by atoms with Crippen LogP contribution in [0.5, 0.6) is 0 Å². The molecular formula is C18H18F3N5O2. The third-order valence-electron chi connectivity index (χ3n) is 4.07. The smallest absolute Gasteiger partial charge is 0.451 e. The van der Waals surface area contributed by atoms with Crippen molar-refractivity contribution in [2.45, 2.75) is 39.9 Å². The number of hydrogen-bond donors (Lipinski definition) is 2. The van der Waals surface area contributed by atoms with Gasteiger partial charge in [-0.05, 0) is 38.0 Å². The van der Waals surface area contributed by atoms with E-state index < -0.39 is 29.9 Å². The van der Waals surface area contributed by atoms with Crippen LogP contribution in [0.3, 0.4) is 0 Å². The summed E-state index contributed by atoms with van der Waals surface area (Å²) in [6, 6.07) is 5.20. The molecule has 2 aromatic heterocycles. The van der Waals surface area contributed by atoms with Crippen LogP contribution in [0, 0.1) is 13.8 Å². The lowest BCUT2D eigenvalue weighted by Crippen LogP contribution is -2.19. The predicted octanol–water partition coefficient (Wildman–Crippen LogP) is 4.38. The summed E-state index contributed by atoms with van der Waals surface area (Å²) in [4.78, 5) is 21.7. The lowest BCUT2D eigenvalue weighted by molar-refractivity contribution is -0.145.